The van der Waals surface area contributed by atoms with Gasteiger partial charge in [-0.3, -0.25) is 9.59 Å². The van der Waals surface area contributed by atoms with Crippen LogP contribution in [0.25, 0.3) is 0 Å². The van der Waals surface area contributed by atoms with Crippen molar-refractivity contribution in [3.63, 3.8) is 0 Å². The Labute approximate surface area is 141 Å². The molecule has 0 saturated heterocycles. The maximum atomic E-state index is 13.0. The first-order valence-corrected chi connectivity index (χ1v) is 8.27. The van der Waals surface area contributed by atoms with Crippen molar-refractivity contribution in [1.29, 1.82) is 0 Å². The van der Waals surface area contributed by atoms with E-state index in [0.29, 0.717) is 23.2 Å². The van der Waals surface area contributed by atoms with Gasteiger partial charge in [0.25, 0.3) is 0 Å². The van der Waals surface area contributed by atoms with E-state index in [2.05, 4.69) is 11.8 Å². The first-order chi connectivity index (χ1) is 11.5. The van der Waals surface area contributed by atoms with E-state index < -0.39 is 11.9 Å². The summed E-state index contributed by atoms with van der Waals surface area (Å²) in [7, 11) is 0. The predicted octanol–water partition coefficient (Wildman–Crippen LogP) is 3.84. The number of carboxylic acid groups (broad SMARTS) is 1. The molecule has 124 valence electrons. The van der Waals surface area contributed by atoms with E-state index in [1.54, 1.807) is 13.0 Å². The minimum Gasteiger partial charge on any atom is -0.481 e. The quantitative estimate of drug-likeness (QED) is 0.929. The average molecular weight is 323 g/mol. The summed E-state index contributed by atoms with van der Waals surface area (Å²) in [6.45, 7) is 5.29. The highest BCUT2D eigenvalue weighted by Crippen LogP contribution is 2.33. The fraction of sp³-hybridized carbons (Fsp3) is 0.300. The minimum atomic E-state index is -0.887. The lowest BCUT2D eigenvalue weighted by atomic mass is 9.94. The summed E-state index contributed by atoms with van der Waals surface area (Å²) >= 11 is 0. The summed E-state index contributed by atoms with van der Waals surface area (Å²) in [5.74, 6) is -1.55. The van der Waals surface area contributed by atoms with E-state index in [0.717, 1.165) is 24.2 Å². The van der Waals surface area contributed by atoms with Gasteiger partial charge in [0.2, 0.25) is 0 Å². The van der Waals surface area contributed by atoms with Gasteiger partial charge in [-0.2, -0.15) is 0 Å². The lowest BCUT2D eigenvalue weighted by Gasteiger charge is -2.25. The van der Waals surface area contributed by atoms with Gasteiger partial charge >= 0.3 is 5.97 Å². The zero-order valence-electron chi connectivity index (χ0n) is 14.0. The van der Waals surface area contributed by atoms with E-state index in [-0.39, 0.29) is 5.78 Å². The smallest absolute Gasteiger partial charge is 0.310 e. The first-order valence-electron chi connectivity index (χ1n) is 8.27. The molecule has 1 unspecified atom stereocenters. The Kier molecular flexibility index (Phi) is 4.38. The third-order valence-electron chi connectivity index (χ3n) is 4.59. The third kappa shape index (κ3) is 2.80. The fourth-order valence-corrected chi connectivity index (χ4v) is 3.21. The second-order valence-corrected chi connectivity index (χ2v) is 6.24. The van der Waals surface area contributed by atoms with Crippen LogP contribution >= 0.6 is 0 Å². The standard InChI is InChI=1S/C20H21NO3/c1-3-10-21-12-15-6-4-5-7-16(15)19(22)17-11-14(8-9-18(17)21)13(2)20(23)24/h4-9,11,13H,3,10,12H2,1-2H3,(H,23,24). The number of hydrogen-bond donors (Lipinski definition) is 1. The van der Waals surface area contributed by atoms with Crippen molar-refractivity contribution in [2.45, 2.75) is 32.7 Å². The number of carboxylic acids is 1. The van der Waals surface area contributed by atoms with Crippen LogP contribution in [-0.4, -0.2) is 23.4 Å². The van der Waals surface area contributed by atoms with Gasteiger partial charge in [0.15, 0.2) is 5.78 Å². The highest BCUT2D eigenvalue weighted by atomic mass is 16.4. The third-order valence-corrected chi connectivity index (χ3v) is 4.59. The van der Waals surface area contributed by atoms with Gasteiger partial charge in [0.1, 0.15) is 0 Å². The molecule has 0 fully saturated rings. The van der Waals surface area contributed by atoms with E-state index >= 15 is 0 Å². The zero-order chi connectivity index (χ0) is 17.3. The van der Waals surface area contributed by atoms with Crippen LogP contribution in [0, 0.1) is 0 Å². The molecule has 2 aromatic rings. The van der Waals surface area contributed by atoms with Crippen LogP contribution in [0.1, 0.15) is 53.2 Å². The highest BCUT2D eigenvalue weighted by Gasteiger charge is 2.26. The molecule has 1 atom stereocenters. The number of anilines is 1. The summed E-state index contributed by atoms with van der Waals surface area (Å²) in [5, 5.41) is 9.26. The molecule has 1 aliphatic heterocycles. The largest absolute Gasteiger partial charge is 0.481 e. The molecule has 0 saturated carbocycles. The predicted molar refractivity (Wildman–Crippen MR) is 93.7 cm³/mol. The van der Waals surface area contributed by atoms with Gasteiger partial charge in [0, 0.05) is 29.9 Å². The molecule has 1 heterocycles. The number of fused-ring (bicyclic) bond motifs is 2. The number of hydrogen-bond acceptors (Lipinski definition) is 3. The van der Waals surface area contributed by atoms with Gasteiger partial charge in [-0.15, -0.1) is 0 Å². The fourth-order valence-electron chi connectivity index (χ4n) is 3.21. The molecule has 0 aromatic heterocycles. The zero-order valence-corrected chi connectivity index (χ0v) is 14.0. The van der Waals surface area contributed by atoms with Gasteiger partial charge in [0.05, 0.1) is 5.92 Å². The maximum Gasteiger partial charge on any atom is 0.310 e. The summed E-state index contributed by atoms with van der Waals surface area (Å²) in [4.78, 5) is 26.5. The van der Waals surface area contributed by atoms with Crippen molar-refractivity contribution in [1.82, 2.24) is 0 Å². The first kappa shape index (κ1) is 16.2. The lowest BCUT2D eigenvalue weighted by molar-refractivity contribution is -0.138. The number of rotatable bonds is 4. The molecule has 2 aromatic carbocycles. The van der Waals surface area contributed by atoms with Crippen molar-refractivity contribution < 1.29 is 14.7 Å². The molecule has 1 aliphatic rings. The molecule has 4 nitrogen and oxygen atoms in total. The monoisotopic (exact) mass is 323 g/mol. The summed E-state index contributed by atoms with van der Waals surface area (Å²) in [6.07, 6.45) is 0.975. The minimum absolute atomic E-state index is 0.0290. The molecule has 0 bridgehead atoms. The van der Waals surface area contributed by atoms with Crippen molar-refractivity contribution in [2.75, 3.05) is 11.4 Å². The number of aliphatic carboxylic acids is 1. The second-order valence-electron chi connectivity index (χ2n) is 6.24. The van der Waals surface area contributed by atoms with Crippen LogP contribution in [0.4, 0.5) is 5.69 Å². The SMILES string of the molecule is CCCN1Cc2ccccc2C(=O)c2cc(C(C)C(=O)O)ccc21. The molecule has 4 heteroatoms. The number of nitrogens with zero attached hydrogens (tertiary/aromatic N) is 1. The van der Waals surface area contributed by atoms with E-state index in [1.807, 2.05) is 36.4 Å². The van der Waals surface area contributed by atoms with Crippen LogP contribution in [0.2, 0.25) is 0 Å². The van der Waals surface area contributed by atoms with Gasteiger partial charge in [-0.1, -0.05) is 37.3 Å². The normalized spacial score (nSPS) is 14.6. The van der Waals surface area contributed by atoms with Crippen LogP contribution in [0.15, 0.2) is 42.5 Å². The Balaban J connectivity index is 2.16. The lowest BCUT2D eigenvalue weighted by Crippen LogP contribution is -2.23. The van der Waals surface area contributed by atoms with Crippen LogP contribution in [-0.2, 0) is 11.3 Å². The van der Waals surface area contributed by atoms with Crippen molar-refractivity contribution in [3.8, 4) is 0 Å². The van der Waals surface area contributed by atoms with Gasteiger partial charge < -0.3 is 10.0 Å². The molecule has 3 rings (SSSR count). The maximum absolute atomic E-state index is 13.0. The molecule has 0 amide bonds. The van der Waals surface area contributed by atoms with E-state index in [4.69, 9.17) is 0 Å². The number of carbonyl (C=O) groups is 2. The molecule has 0 aliphatic carbocycles. The Morgan fingerprint density at radius 1 is 1.21 bits per heavy atom. The van der Waals surface area contributed by atoms with E-state index in [1.165, 1.54) is 0 Å². The molecule has 24 heavy (non-hydrogen) atoms. The molecular formula is C20H21NO3. The Bertz CT molecular complexity index is 797. The summed E-state index contributed by atoms with van der Waals surface area (Å²) in [6, 6.07) is 13.1. The van der Waals surface area contributed by atoms with Crippen molar-refractivity contribution in [2.24, 2.45) is 0 Å². The van der Waals surface area contributed by atoms with E-state index in [9.17, 15) is 14.7 Å². The topological polar surface area (TPSA) is 57.6 Å². The highest BCUT2D eigenvalue weighted by molar-refractivity contribution is 6.14. The summed E-state index contributed by atoms with van der Waals surface area (Å²) in [5.41, 5.74) is 3.86. The summed E-state index contributed by atoms with van der Waals surface area (Å²) < 4.78 is 0. The average Bonchev–Trinajstić information content (AvgIpc) is 2.70. The van der Waals surface area contributed by atoms with Crippen LogP contribution < -0.4 is 4.90 Å². The molecule has 1 N–H and O–H groups in total. The van der Waals surface area contributed by atoms with Crippen molar-refractivity contribution in [3.05, 3.63) is 64.7 Å². The number of carbonyl (C=O) groups excluding carboxylic acids is 1. The molecule has 0 spiro atoms. The van der Waals surface area contributed by atoms with Crippen LogP contribution in [0.3, 0.4) is 0 Å². The molecule has 0 radical (unpaired) electrons. The number of benzene rings is 2. The van der Waals surface area contributed by atoms with Crippen molar-refractivity contribution >= 4 is 17.4 Å². The second kappa shape index (κ2) is 6.48. The van der Waals surface area contributed by atoms with Crippen LogP contribution in [0.5, 0.6) is 0 Å². The van der Waals surface area contributed by atoms with Gasteiger partial charge in [-0.05, 0) is 36.6 Å². The Morgan fingerprint density at radius 3 is 2.67 bits per heavy atom. The Morgan fingerprint density at radius 2 is 1.96 bits per heavy atom. The molecular weight excluding hydrogens is 302 g/mol. The number of ketones is 1. The van der Waals surface area contributed by atoms with Gasteiger partial charge in [-0.25, -0.2) is 0 Å². The Hall–Kier alpha value is -2.62.